The van der Waals surface area contributed by atoms with E-state index in [-0.39, 0.29) is 5.56 Å². The Morgan fingerprint density at radius 3 is 2.46 bits per heavy atom. The molecule has 24 heavy (non-hydrogen) atoms. The lowest BCUT2D eigenvalue weighted by Gasteiger charge is -2.06. The molecule has 5 heteroatoms. The van der Waals surface area contributed by atoms with Crippen LogP contribution in [0.5, 0.6) is 0 Å². The molecule has 0 radical (unpaired) electrons. The molecule has 0 atom stereocenters. The van der Waals surface area contributed by atoms with Gasteiger partial charge in [0.1, 0.15) is 0 Å². The predicted molar refractivity (Wildman–Crippen MR) is 94.0 cm³/mol. The Labute approximate surface area is 138 Å². The van der Waals surface area contributed by atoms with Crippen molar-refractivity contribution in [3.05, 3.63) is 94.8 Å². The van der Waals surface area contributed by atoms with Crippen LogP contribution in [0.2, 0.25) is 0 Å². The first-order valence-electron chi connectivity index (χ1n) is 7.57. The van der Waals surface area contributed by atoms with Crippen LogP contribution in [0.4, 0.5) is 0 Å². The van der Waals surface area contributed by atoms with Crippen LogP contribution in [-0.2, 0) is 0 Å². The third-order valence-corrected chi connectivity index (χ3v) is 3.65. The van der Waals surface area contributed by atoms with E-state index in [1.54, 1.807) is 21.5 Å². The Kier molecular flexibility index (Phi) is 3.51. The van der Waals surface area contributed by atoms with Gasteiger partial charge in [-0.05, 0) is 36.4 Å². The molecule has 1 aromatic carbocycles. The Morgan fingerprint density at radius 1 is 0.875 bits per heavy atom. The van der Waals surface area contributed by atoms with Crippen molar-refractivity contribution >= 4 is 17.8 Å². The number of aromatic nitrogens is 4. The number of rotatable bonds is 3. The van der Waals surface area contributed by atoms with E-state index < -0.39 is 0 Å². The fourth-order valence-electron chi connectivity index (χ4n) is 2.55. The van der Waals surface area contributed by atoms with Gasteiger partial charge < -0.3 is 0 Å². The van der Waals surface area contributed by atoms with Gasteiger partial charge in [-0.15, -0.1) is 0 Å². The van der Waals surface area contributed by atoms with Gasteiger partial charge in [-0.3, -0.25) is 14.5 Å². The molecule has 0 saturated heterocycles. The molecule has 0 bridgehead atoms. The van der Waals surface area contributed by atoms with Gasteiger partial charge in [0, 0.05) is 24.5 Å². The van der Waals surface area contributed by atoms with E-state index in [9.17, 15) is 4.79 Å². The Balaban J connectivity index is 1.77. The largest absolute Gasteiger partial charge is 0.273 e. The third kappa shape index (κ3) is 2.63. The summed E-state index contributed by atoms with van der Waals surface area (Å²) < 4.78 is 3.34. The molecule has 0 spiro atoms. The van der Waals surface area contributed by atoms with Gasteiger partial charge in [0.15, 0.2) is 5.65 Å². The standard InChI is InChI=1S/C19H14N4O/c24-19-14-16(10-9-15-6-4-5-12-20-15)21-18-11-13-22(23(18)19)17-7-2-1-3-8-17/h1-14H. The summed E-state index contributed by atoms with van der Waals surface area (Å²) in [6.45, 7) is 0. The van der Waals surface area contributed by atoms with E-state index in [0.717, 1.165) is 11.4 Å². The monoisotopic (exact) mass is 314 g/mol. The van der Waals surface area contributed by atoms with Crippen LogP contribution in [0.1, 0.15) is 11.4 Å². The highest BCUT2D eigenvalue weighted by Gasteiger charge is 2.06. The molecule has 116 valence electrons. The fraction of sp³-hybridized carbons (Fsp3) is 0. The molecular weight excluding hydrogens is 300 g/mol. The number of hydrogen-bond acceptors (Lipinski definition) is 3. The lowest BCUT2D eigenvalue weighted by Crippen LogP contribution is -2.19. The smallest absolute Gasteiger partial charge is 0.267 e. The zero-order valence-corrected chi connectivity index (χ0v) is 12.8. The van der Waals surface area contributed by atoms with Gasteiger partial charge in [-0.2, -0.15) is 4.52 Å². The normalized spacial score (nSPS) is 11.3. The lowest BCUT2D eigenvalue weighted by molar-refractivity contribution is 0.763. The van der Waals surface area contributed by atoms with Gasteiger partial charge in [0.25, 0.3) is 5.56 Å². The van der Waals surface area contributed by atoms with Crippen LogP contribution in [0.25, 0.3) is 23.5 Å². The average molecular weight is 314 g/mol. The summed E-state index contributed by atoms with van der Waals surface area (Å²) in [5.74, 6) is 0. The molecule has 0 unspecified atom stereocenters. The molecule has 0 aliphatic rings. The topological polar surface area (TPSA) is 52.2 Å². The van der Waals surface area contributed by atoms with Crippen molar-refractivity contribution < 1.29 is 0 Å². The first kappa shape index (κ1) is 14.1. The van der Waals surface area contributed by atoms with E-state index in [1.807, 2.05) is 66.9 Å². The first-order chi connectivity index (χ1) is 11.8. The van der Waals surface area contributed by atoms with Crippen LogP contribution in [0.15, 0.2) is 77.9 Å². The molecule has 3 heterocycles. The summed E-state index contributed by atoms with van der Waals surface area (Å²) in [6.07, 6.45) is 7.20. The first-order valence-corrected chi connectivity index (χ1v) is 7.57. The lowest BCUT2D eigenvalue weighted by atomic mass is 10.3. The minimum absolute atomic E-state index is 0.130. The second-order valence-corrected chi connectivity index (χ2v) is 5.27. The molecule has 0 aliphatic heterocycles. The zero-order valence-electron chi connectivity index (χ0n) is 12.8. The molecule has 5 nitrogen and oxygen atoms in total. The molecular formula is C19H14N4O. The molecule has 4 aromatic rings. The van der Waals surface area contributed by atoms with E-state index in [4.69, 9.17) is 0 Å². The number of nitrogens with zero attached hydrogens (tertiary/aromatic N) is 4. The van der Waals surface area contributed by atoms with Crippen molar-refractivity contribution in [2.45, 2.75) is 0 Å². The number of para-hydroxylation sites is 1. The fourth-order valence-corrected chi connectivity index (χ4v) is 2.55. The maximum Gasteiger partial charge on any atom is 0.273 e. The van der Waals surface area contributed by atoms with Crippen molar-refractivity contribution in [2.24, 2.45) is 0 Å². The summed E-state index contributed by atoms with van der Waals surface area (Å²) in [7, 11) is 0. The van der Waals surface area contributed by atoms with E-state index in [2.05, 4.69) is 9.97 Å². The highest BCUT2D eigenvalue weighted by Crippen LogP contribution is 2.10. The van der Waals surface area contributed by atoms with Gasteiger partial charge in [-0.1, -0.05) is 24.3 Å². The summed E-state index contributed by atoms with van der Waals surface area (Å²) in [4.78, 5) is 21.3. The Bertz CT molecular complexity index is 1060. The maximum absolute atomic E-state index is 12.5. The number of pyridine rings is 1. The summed E-state index contributed by atoms with van der Waals surface area (Å²) in [5.41, 5.74) is 2.81. The van der Waals surface area contributed by atoms with Crippen LogP contribution in [0, 0.1) is 0 Å². The van der Waals surface area contributed by atoms with E-state index in [1.165, 1.54) is 6.07 Å². The number of benzene rings is 1. The Morgan fingerprint density at radius 2 is 1.67 bits per heavy atom. The molecule has 4 rings (SSSR count). The second-order valence-electron chi connectivity index (χ2n) is 5.27. The van der Waals surface area contributed by atoms with Crippen LogP contribution < -0.4 is 5.56 Å². The van der Waals surface area contributed by atoms with Crippen molar-refractivity contribution in [1.29, 1.82) is 0 Å². The van der Waals surface area contributed by atoms with Crippen molar-refractivity contribution in [3.8, 4) is 5.69 Å². The van der Waals surface area contributed by atoms with Gasteiger partial charge in [-0.25, -0.2) is 4.98 Å². The van der Waals surface area contributed by atoms with E-state index >= 15 is 0 Å². The zero-order chi connectivity index (χ0) is 16.4. The Hall–Kier alpha value is -3.47. The molecule has 0 fully saturated rings. The van der Waals surface area contributed by atoms with Crippen molar-refractivity contribution in [2.75, 3.05) is 0 Å². The highest BCUT2D eigenvalue weighted by molar-refractivity contribution is 5.66. The van der Waals surface area contributed by atoms with Crippen molar-refractivity contribution in [3.63, 3.8) is 0 Å². The van der Waals surface area contributed by atoms with Gasteiger partial charge in [0.2, 0.25) is 0 Å². The number of hydrogen-bond donors (Lipinski definition) is 0. The quantitative estimate of drug-likeness (QED) is 0.584. The van der Waals surface area contributed by atoms with Crippen LogP contribution in [-0.4, -0.2) is 19.2 Å². The highest BCUT2D eigenvalue weighted by atomic mass is 16.1. The van der Waals surface area contributed by atoms with Crippen molar-refractivity contribution in [1.82, 2.24) is 19.2 Å². The third-order valence-electron chi connectivity index (χ3n) is 3.65. The molecule has 0 amide bonds. The second kappa shape index (κ2) is 5.96. The summed E-state index contributed by atoms with van der Waals surface area (Å²) in [6, 6.07) is 18.7. The summed E-state index contributed by atoms with van der Waals surface area (Å²) >= 11 is 0. The van der Waals surface area contributed by atoms with Crippen LogP contribution >= 0.6 is 0 Å². The van der Waals surface area contributed by atoms with Gasteiger partial charge in [0.05, 0.1) is 17.1 Å². The maximum atomic E-state index is 12.5. The predicted octanol–water partition coefficient (Wildman–Crippen LogP) is 3.05. The van der Waals surface area contributed by atoms with Gasteiger partial charge >= 0.3 is 0 Å². The SMILES string of the molecule is O=c1cc(C=Cc2ccccn2)nc2ccn(-c3ccccc3)n12. The molecule has 0 N–H and O–H groups in total. The van der Waals surface area contributed by atoms with E-state index in [0.29, 0.717) is 11.3 Å². The van der Waals surface area contributed by atoms with Crippen LogP contribution in [0.3, 0.4) is 0 Å². The summed E-state index contributed by atoms with van der Waals surface area (Å²) in [5, 5.41) is 0. The molecule has 0 saturated carbocycles. The minimum atomic E-state index is -0.130. The molecule has 3 aromatic heterocycles. The molecule has 0 aliphatic carbocycles. The average Bonchev–Trinajstić information content (AvgIpc) is 3.06. The number of fused-ring (bicyclic) bond motifs is 1. The minimum Gasteiger partial charge on any atom is -0.267 e.